The zero-order valence-electron chi connectivity index (χ0n) is 17.2. The molecule has 0 spiro atoms. The van der Waals surface area contributed by atoms with Gasteiger partial charge in [0.25, 0.3) is 15.9 Å². The number of nitrogens with one attached hydrogen (secondary N) is 2. The van der Waals surface area contributed by atoms with Crippen molar-refractivity contribution >= 4 is 27.3 Å². The molecule has 0 bridgehead atoms. The number of hydrogen-bond donors (Lipinski definition) is 2. The first-order valence-corrected chi connectivity index (χ1v) is 11.6. The van der Waals surface area contributed by atoms with E-state index in [0.717, 1.165) is 16.8 Å². The molecule has 6 heteroatoms. The van der Waals surface area contributed by atoms with Gasteiger partial charge in [0.05, 0.1) is 4.90 Å². The van der Waals surface area contributed by atoms with Crippen molar-refractivity contribution in [3.63, 3.8) is 0 Å². The molecule has 0 aliphatic rings. The van der Waals surface area contributed by atoms with Crippen molar-refractivity contribution in [3.05, 3.63) is 126 Å². The minimum Gasteiger partial charge on any atom is -0.322 e. The number of carbonyl (C=O) groups is 1. The fraction of sp³-hybridized carbons (Fsp3) is 0.0385. The zero-order valence-corrected chi connectivity index (χ0v) is 18.0. The summed E-state index contributed by atoms with van der Waals surface area (Å²) >= 11 is 0. The fourth-order valence-electron chi connectivity index (χ4n) is 3.31. The maximum absolute atomic E-state index is 12.8. The molecule has 2 N–H and O–H groups in total. The predicted octanol–water partition coefficient (Wildman–Crippen LogP) is 5.33. The van der Waals surface area contributed by atoms with Crippen molar-refractivity contribution in [1.82, 2.24) is 0 Å². The third kappa shape index (κ3) is 5.22. The number of para-hydroxylation sites is 2. The van der Waals surface area contributed by atoms with Gasteiger partial charge in [0, 0.05) is 16.9 Å². The van der Waals surface area contributed by atoms with Crippen LogP contribution in [0.2, 0.25) is 0 Å². The first-order chi connectivity index (χ1) is 15.5. The molecule has 0 atom stereocenters. The van der Waals surface area contributed by atoms with E-state index >= 15 is 0 Å². The first kappa shape index (κ1) is 21.3. The van der Waals surface area contributed by atoms with Crippen LogP contribution in [0, 0.1) is 0 Å². The first-order valence-electron chi connectivity index (χ1n) is 10.1. The quantitative estimate of drug-likeness (QED) is 0.406. The van der Waals surface area contributed by atoms with Gasteiger partial charge >= 0.3 is 0 Å². The fourth-order valence-corrected chi connectivity index (χ4v) is 4.37. The summed E-state index contributed by atoms with van der Waals surface area (Å²) in [6, 6.07) is 32.2. The van der Waals surface area contributed by atoms with E-state index in [1.54, 1.807) is 24.3 Å². The number of rotatable bonds is 7. The van der Waals surface area contributed by atoms with E-state index in [-0.39, 0.29) is 10.8 Å². The van der Waals surface area contributed by atoms with E-state index < -0.39 is 10.0 Å². The van der Waals surface area contributed by atoms with Crippen LogP contribution in [-0.4, -0.2) is 14.3 Å². The number of carbonyl (C=O) groups excluding carboxylic acids is 1. The highest BCUT2D eigenvalue weighted by atomic mass is 32.2. The summed E-state index contributed by atoms with van der Waals surface area (Å²) in [5.74, 6) is -0.300. The molecular weight excluding hydrogens is 420 g/mol. The molecule has 0 aliphatic heterocycles. The van der Waals surface area contributed by atoms with Crippen molar-refractivity contribution < 1.29 is 13.2 Å². The molecule has 0 unspecified atom stereocenters. The molecule has 0 fully saturated rings. The van der Waals surface area contributed by atoms with Gasteiger partial charge in [-0.3, -0.25) is 9.52 Å². The topological polar surface area (TPSA) is 75.3 Å². The molecule has 4 rings (SSSR count). The van der Waals surface area contributed by atoms with Crippen molar-refractivity contribution in [1.29, 1.82) is 0 Å². The van der Waals surface area contributed by atoms with E-state index in [1.165, 1.54) is 24.3 Å². The van der Waals surface area contributed by atoms with Crippen LogP contribution in [-0.2, 0) is 16.4 Å². The zero-order chi connectivity index (χ0) is 22.4. The molecule has 0 saturated heterocycles. The van der Waals surface area contributed by atoms with E-state index in [0.29, 0.717) is 17.7 Å². The molecular formula is C26H22N2O3S. The molecule has 32 heavy (non-hydrogen) atoms. The van der Waals surface area contributed by atoms with Crippen molar-refractivity contribution in [2.24, 2.45) is 0 Å². The highest BCUT2D eigenvalue weighted by Gasteiger charge is 2.16. The Morgan fingerprint density at radius 3 is 1.97 bits per heavy atom. The predicted molar refractivity (Wildman–Crippen MR) is 127 cm³/mol. The maximum Gasteiger partial charge on any atom is 0.261 e. The standard InChI is InChI=1S/C26H22N2O3S/c29-26(27-25-14-8-7-11-22(25)19-20-9-3-1-4-10-20)21-15-17-24(18-16-21)32(30,31)28-23-12-5-2-6-13-23/h1-18,28H,19H2,(H,27,29). The van der Waals surface area contributed by atoms with Gasteiger partial charge in [0.1, 0.15) is 0 Å². The summed E-state index contributed by atoms with van der Waals surface area (Å²) in [4.78, 5) is 12.9. The summed E-state index contributed by atoms with van der Waals surface area (Å²) in [5, 5.41) is 2.94. The van der Waals surface area contributed by atoms with Gasteiger partial charge in [-0.15, -0.1) is 0 Å². The maximum atomic E-state index is 12.8. The molecule has 4 aromatic carbocycles. The van der Waals surface area contributed by atoms with Gasteiger partial charge in [0.15, 0.2) is 0 Å². The van der Waals surface area contributed by atoms with E-state index in [1.807, 2.05) is 60.7 Å². The Morgan fingerprint density at radius 1 is 0.688 bits per heavy atom. The summed E-state index contributed by atoms with van der Waals surface area (Å²) in [5.41, 5.74) is 3.72. The second-order valence-electron chi connectivity index (χ2n) is 7.27. The number of anilines is 2. The van der Waals surface area contributed by atoms with Crippen LogP contribution >= 0.6 is 0 Å². The summed E-state index contributed by atoms with van der Waals surface area (Å²) in [6.45, 7) is 0. The second kappa shape index (κ2) is 9.49. The average Bonchev–Trinajstić information content (AvgIpc) is 2.81. The lowest BCUT2D eigenvalue weighted by molar-refractivity contribution is 0.102. The molecule has 4 aromatic rings. The van der Waals surface area contributed by atoms with Crippen LogP contribution in [0.15, 0.2) is 114 Å². The Hall–Kier alpha value is -3.90. The molecule has 0 saturated carbocycles. The van der Waals surface area contributed by atoms with Crippen LogP contribution in [0.25, 0.3) is 0 Å². The van der Waals surface area contributed by atoms with E-state index in [9.17, 15) is 13.2 Å². The van der Waals surface area contributed by atoms with E-state index in [2.05, 4.69) is 10.0 Å². The number of amides is 1. The van der Waals surface area contributed by atoms with Crippen molar-refractivity contribution in [2.75, 3.05) is 10.0 Å². The van der Waals surface area contributed by atoms with E-state index in [4.69, 9.17) is 0 Å². The third-order valence-electron chi connectivity index (χ3n) is 4.96. The summed E-state index contributed by atoms with van der Waals surface area (Å²) in [6.07, 6.45) is 0.694. The molecule has 0 heterocycles. The molecule has 0 aliphatic carbocycles. The van der Waals surface area contributed by atoms with Gasteiger partial charge in [0.2, 0.25) is 0 Å². The highest BCUT2D eigenvalue weighted by Crippen LogP contribution is 2.21. The lowest BCUT2D eigenvalue weighted by Crippen LogP contribution is -2.15. The van der Waals surface area contributed by atoms with Gasteiger partial charge in [-0.1, -0.05) is 66.7 Å². The van der Waals surface area contributed by atoms with Gasteiger partial charge in [-0.2, -0.15) is 0 Å². The molecule has 0 aromatic heterocycles. The molecule has 160 valence electrons. The minimum atomic E-state index is -3.74. The van der Waals surface area contributed by atoms with Gasteiger partial charge in [-0.05, 0) is 60.0 Å². The van der Waals surface area contributed by atoms with Crippen LogP contribution in [0.5, 0.6) is 0 Å². The van der Waals surface area contributed by atoms with Crippen LogP contribution in [0.1, 0.15) is 21.5 Å². The summed E-state index contributed by atoms with van der Waals surface area (Å²) < 4.78 is 27.7. The lowest BCUT2D eigenvalue weighted by atomic mass is 10.0. The Kier molecular flexibility index (Phi) is 6.33. The second-order valence-corrected chi connectivity index (χ2v) is 8.95. The number of hydrogen-bond acceptors (Lipinski definition) is 3. The molecule has 0 radical (unpaired) electrons. The Labute approximate surface area is 187 Å². The highest BCUT2D eigenvalue weighted by molar-refractivity contribution is 7.92. The van der Waals surface area contributed by atoms with Crippen LogP contribution in [0.3, 0.4) is 0 Å². The van der Waals surface area contributed by atoms with Crippen molar-refractivity contribution in [2.45, 2.75) is 11.3 Å². The SMILES string of the molecule is O=C(Nc1ccccc1Cc1ccccc1)c1ccc(S(=O)(=O)Nc2ccccc2)cc1. The largest absolute Gasteiger partial charge is 0.322 e. The number of sulfonamides is 1. The Balaban J connectivity index is 1.48. The molecule has 5 nitrogen and oxygen atoms in total. The average molecular weight is 443 g/mol. The Morgan fingerprint density at radius 2 is 1.28 bits per heavy atom. The van der Waals surface area contributed by atoms with Crippen LogP contribution in [0.4, 0.5) is 11.4 Å². The lowest BCUT2D eigenvalue weighted by Gasteiger charge is -2.12. The van der Waals surface area contributed by atoms with Crippen molar-refractivity contribution in [3.8, 4) is 0 Å². The third-order valence-corrected chi connectivity index (χ3v) is 6.35. The smallest absolute Gasteiger partial charge is 0.261 e. The monoisotopic (exact) mass is 442 g/mol. The number of benzene rings is 4. The van der Waals surface area contributed by atoms with Gasteiger partial charge in [-0.25, -0.2) is 8.42 Å². The normalized spacial score (nSPS) is 11.0. The van der Waals surface area contributed by atoms with Crippen LogP contribution < -0.4 is 10.0 Å². The molecule has 1 amide bonds. The van der Waals surface area contributed by atoms with Gasteiger partial charge < -0.3 is 5.32 Å². The minimum absolute atomic E-state index is 0.0855. The summed E-state index contributed by atoms with van der Waals surface area (Å²) in [7, 11) is -3.74. The Bertz CT molecular complexity index is 1300.